The molecule has 13 heteroatoms. The van der Waals surface area contributed by atoms with E-state index in [1.165, 1.54) is 41.3 Å². The molecule has 5 aromatic carbocycles. The molecule has 2 amide bonds. The van der Waals surface area contributed by atoms with Gasteiger partial charge in [0.15, 0.2) is 18.1 Å². The van der Waals surface area contributed by atoms with Crippen LogP contribution in [0.1, 0.15) is 16.7 Å². The van der Waals surface area contributed by atoms with Crippen molar-refractivity contribution in [2.75, 3.05) is 18.1 Å². The van der Waals surface area contributed by atoms with Crippen LogP contribution in [0, 0.1) is 5.82 Å². The number of amides is 2. The highest BCUT2D eigenvalue weighted by Crippen LogP contribution is 2.32. The number of benzene rings is 5. The summed E-state index contributed by atoms with van der Waals surface area (Å²) in [6.07, 6.45) is 0.223. The van der Waals surface area contributed by atoms with E-state index in [9.17, 15) is 22.4 Å². The average Bonchev–Trinajstić information content (AvgIpc) is 3.61. The van der Waals surface area contributed by atoms with Crippen molar-refractivity contribution >= 4 is 39.1 Å². The molecule has 0 aliphatic carbocycles. The number of sulfonamides is 1. The summed E-state index contributed by atoms with van der Waals surface area (Å²) in [6.45, 7) is -0.0353. The van der Waals surface area contributed by atoms with E-state index in [0.717, 1.165) is 28.8 Å². The van der Waals surface area contributed by atoms with E-state index in [1.54, 1.807) is 36.4 Å². The van der Waals surface area contributed by atoms with Crippen LogP contribution in [0.3, 0.4) is 0 Å². The molecule has 5 aromatic rings. The van der Waals surface area contributed by atoms with Crippen LogP contribution in [-0.2, 0) is 39.1 Å². The van der Waals surface area contributed by atoms with E-state index in [4.69, 9.17) is 25.8 Å². The van der Waals surface area contributed by atoms with Crippen molar-refractivity contribution < 1.29 is 36.6 Å². The Labute approximate surface area is 299 Å². The number of nitrogens with zero attached hydrogens (tertiary/aromatic N) is 1. The summed E-state index contributed by atoms with van der Waals surface area (Å²) in [7, 11) is -3.97. The zero-order valence-electron chi connectivity index (χ0n) is 27.1. The lowest BCUT2D eigenvalue weighted by Crippen LogP contribution is -2.51. The maximum Gasteiger partial charge on any atom is 0.261 e. The SMILES string of the molecule is O=C(NCc1ccc2c(c1)OCO2)[C@H](Cc1ccccc1)N(Cc1ccc(Cl)cc1)C(=O)COc1ccc(S(=O)(=O)Nc2ccc(F)cc2)cc1. The van der Waals surface area contributed by atoms with Crippen LogP contribution in [0.2, 0.25) is 5.02 Å². The molecule has 0 spiro atoms. The van der Waals surface area contributed by atoms with Gasteiger partial charge in [-0.05, 0) is 89.5 Å². The standard InChI is InChI=1S/C38H33ClFN3O7S/c39-29-9-6-27(7-10-29)23-43(37(44)24-48-32-15-17-33(18-16-32)51(46,47)42-31-13-11-30(40)12-14-31)34(20-26-4-2-1-3-5-26)38(45)41-22-28-8-19-35-36(21-28)50-25-49-35/h1-19,21,34,42H,20,22-25H2,(H,41,45)/t34-/m0/s1. The predicted molar refractivity (Wildman–Crippen MR) is 189 cm³/mol. The van der Waals surface area contributed by atoms with E-state index >= 15 is 0 Å². The highest BCUT2D eigenvalue weighted by atomic mass is 35.5. The van der Waals surface area contributed by atoms with Crippen LogP contribution in [0.5, 0.6) is 17.2 Å². The minimum atomic E-state index is -3.97. The first-order chi connectivity index (χ1) is 24.6. The summed E-state index contributed by atoms with van der Waals surface area (Å²) in [5, 5.41) is 3.51. The van der Waals surface area contributed by atoms with E-state index < -0.39 is 34.4 Å². The summed E-state index contributed by atoms with van der Waals surface area (Å²) >= 11 is 6.13. The van der Waals surface area contributed by atoms with Crippen molar-refractivity contribution in [3.05, 3.63) is 149 Å². The van der Waals surface area contributed by atoms with Crippen LogP contribution in [0.25, 0.3) is 0 Å². The molecular formula is C38H33ClFN3O7S. The molecule has 0 bridgehead atoms. The Balaban J connectivity index is 1.20. The number of hydrogen-bond acceptors (Lipinski definition) is 7. The molecule has 1 heterocycles. The number of rotatable bonds is 14. The Kier molecular flexibility index (Phi) is 11.0. The van der Waals surface area contributed by atoms with Crippen molar-refractivity contribution in [3.8, 4) is 17.2 Å². The molecular weight excluding hydrogens is 697 g/mol. The molecule has 6 rings (SSSR count). The van der Waals surface area contributed by atoms with Gasteiger partial charge in [-0.15, -0.1) is 0 Å². The first kappa shape index (κ1) is 35.2. The fraction of sp³-hybridized carbons (Fsp3) is 0.158. The minimum absolute atomic E-state index is 0.0584. The van der Waals surface area contributed by atoms with E-state index in [2.05, 4.69) is 10.0 Å². The van der Waals surface area contributed by atoms with Crippen LogP contribution in [0.15, 0.2) is 126 Å². The number of ether oxygens (including phenoxy) is 3. The number of carbonyl (C=O) groups excluding carboxylic acids is 2. The monoisotopic (exact) mass is 729 g/mol. The maximum atomic E-state index is 14.0. The molecule has 1 atom stereocenters. The topological polar surface area (TPSA) is 123 Å². The zero-order chi connectivity index (χ0) is 35.8. The lowest BCUT2D eigenvalue weighted by molar-refractivity contribution is -0.142. The second kappa shape index (κ2) is 16.0. The molecule has 0 saturated heterocycles. The molecule has 0 saturated carbocycles. The van der Waals surface area contributed by atoms with Crippen LogP contribution < -0.4 is 24.2 Å². The average molecular weight is 730 g/mol. The number of nitrogens with one attached hydrogen (secondary N) is 2. The molecule has 0 fully saturated rings. The summed E-state index contributed by atoms with van der Waals surface area (Å²) in [6, 6.07) is 31.3. The van der Waals surface area contributed by atoms with Gasteiger partial charge < -0.3 is 24.4 Å². The summed E-state index contributed by atoms with van der Waals surface area (Å²) in [5.41, 5.74) is 2.59. The molecule has 0 radical (unpaired) electrons. The molecule has 2 N–H and O–H groups in total. The normalized spacial score (nSPS) is 12.5. The Morgan fingerprint density at radius 1 is 0.824 bits per heavy atom. The quantitative estimate of drug-likeness (QED) is 0.137. The largest absolute Gasteiger partial charge is 0.484 e. The third kappa shape index (κ3) is 9.35. The van der Waals surface area contributed by atoms with Gasteiger partial charge in [-0.25, -0.2) is 12.8 Å². The van der Waals surface area contributed by atoms with Gasteiger partial charge in [-0.2, -0.15) is 0 Å². The Bertz CT molecular complexity index is 2080. The number of anilines is 1. The van der Waals surface area contributed by atoms with E-state index in [0.29, 0.717) is 16.5 Å². The van der Waals surface area contributed by atoms with Crippen LogP contribution in [-0.4, -0.2) is 44.6 Å². The second-order valence-electron chi connectivity index (χ2n) is 11.6. The van der Waals surface area contributed by atoms with Crippen LogP contribution >= 0.6 is 11.6 Å². The van der Waals surface area contributed by atoms with Gasteiger partial charge in [0.25, 0.3) is 15.9 Å². The summed E-state index contributed by atoms with van der Waals surface area (Å²) in [5.74, 6) is 0.121. The lowest BCUT2D eigenvalue weighted by atomic mass is 10.0. The fourth-order valence-electron chi connectivity index (χ4n) is 5.37. The van der Waals surface area contributed by atoms with Crippen LogP contribution in [0.4, 0.5) is 10.1 Å². The molecule has 0 unspecified atom stereocenters. The summed E-state index contributed by atoms with van der Waals surface area (Å²) in [4.78, 5) is 29.4. The van der Waals surface area contributed by atoms with Gasteiger partial charge in [0.2, 0.25) is 12.7 Å². The Morgan fingerprint density at radius 2 is 1.51 bits per heavy atom. The zero-order valence-corrected chi connectivity index (χ0v) is 28.7. The molecule has 10 nitrogen and oxygen atoms in total. The first-order valence-corrected chi connectivity index (χ1v) is 17.7. The second-order valence-corrected chi connectivity index (χ2v) is 13.8. The minimum Gasteiger partial charge on any atom is -0.484 e. The van der Waals surface area contributed by atoms with Gasteiger partial charge >= 0.3 is 0 Å². The first-order valence-electron chi connectivity index (χ1n) is 15.9. The molecule has 1 aliphatic heterocycles. The fourth-order valence-corrected chi connectivity index (χ4v) is 6.56. The van der Waals surface area contributed by atoms with Gasteiger partial charge in [0, 0.05) is 30.2 Å². The highest BCUT2D eigenvalue weighted by Gasteiger charge is 2.31. The van der Waals surface area contributed by atoms with Gasteiger partial charge in [-0.3, -0.25) is 14.3 Å². The van der Waals surface area contributed by atoms with Gasteiger partial charge in [0.1, 0.15) is 17.6 Å². The molecule has 0 aromatic heterocycles. The third-order valence-corrected chi connectivity index (χ3v) is 9.68. The Morgan fingerprint density at radius 3 is 2.24 bits per heavy atom. The van der Waals surface area contributed by atoms with Gasteiger partial charge in [-0.1, -0.05) is 60.1 Å². The molecule has 51 heavy (non-hydrogen) atoms. The van der Waals surface area contributed by atoms with Gasteiger partial charge in [0.05, 0.1) is 4.90 Å². The third-order valence-electron chi connectivity index (χ3n) is 8.03. The molecule has 262 valence electrons. The van der Waals surface area contributed by atoms with Crippen molar-refractivity contribution in [2.24, 2.45) is 0 Å². The van der Waals surface area contributed by atoms with Crippen molar-refractivity contribution in [1.82, 2.24) is 10.2 Å². The number of fused-ring (bicyclic) bond motifs is 1. The smallest absolute Gasteiger partial charge is 0.261 e. The maximum absolute atomic E-state index is 14.0. The lowest BCUT2D eigenvalue weighted by Gasteiger charge is -2.31. The Hall–Kier alpha value is -5.59. The number of carbonyl (C=O) groups is 2. The van der Waals surface area contributed by atoms with Crippen molar-refractivity contribution in [3.63, 3.8) is 0 Å². The van der Waals surface area contributed by atoms with Crippen molar-refractivity contribution in [2.45, 2.75) is 30.4 Å². The van der Waals surface area contributed by atoms with Crippen molar-refractivity contribution in [1.29, 1.82) is 0 Å². The predicted octanol–water partition coefficient (Wildman–Crippen LogP) is 6.34. The molecule has 1 aliphatic rings. The summed E-state index contributed by atoms with van der Waals surface area (Å²) < 4.78 is 58.1. The number of halogens is 2. The van der Waals surface area contributed by atoms with E-state index in [1.807, 2.05) is 36.4 Å². The number of hydrogen-bond donors (Lipinski definition) is 2. The van der Waals surface area contributed by atoms with E-state index in [-0.39, 0.29) is 48.5 Å². The highest BCUT2D eigenvalue weighted by molar-refractivity contribution is 7.92.